The van der Waals surface area contributed by atoms with Crippen molar-refractivity contribution in [1.29, 1.82) is 5.26 Å². The summed E-state index contributed by atoms with van der Waals surface area (Å²) in [6.45, 7) is 0.459. The van der Waals surface area contributed by atoms with Gasteiger partial charge in [0.05, 0.1) is 12.5 Å². The molecule has 1 saturated carbocycles. The van der Waals surface area contributed by atoms with Crippen LogP contribution in [0, 0.1) is 17.2 Å². The minimum Gasteiger partial charge on any atom is -0.355 e. The zero-order valence-electron chi connectivity index (χ0n) is 7.62. The fraction of sp³-hybridized carbons (Fsp3) is 0.778. The first-order chi connectivity index (χ1) is 6.24. The predicted octanol–water partition coefficient (Wildman–Crippen LogP) is 0.144. The van der Waals surface area contributed by atoms with Gasteiger partial charge in [-0.05, 0) is 19.3 Å². The predicted molar refractivity (Wildman–Crippen MR) is 48.6 cm³/mol. The number of amides is 1. The van der Waals surface area contributed by atoms with Crippen molar-refractivity contribution >= 4 is 5.91 Å². The summed E-state index contributed by atoms with van der Waals surface area (Å²) in [7, 11) is 0. The lowest BCUT2D eigenvalue weighted by Crippen LogP contribution is -2.30. The molecule has 0 heterocycles. The van der Waals surface area contributed by atoms with Crippen molar-refractivity contribution in [3.8, 4) is 6.07 Å². The molecule has 1 aliphatic carbocycles. The average molecular weight is 181 g/mol. The van der Waals surface area contributed by atoms with Crippen molar-refractivity contribution in [2.45, 2.75) is 31.7 Å². The van der Waals surface area contributed by atoms with Gasteiger partial charge in [0.1, 0.15) is 0 Å². The molecule has 1 fully saturated rings. The van der Waals surface area contributed by atoms with Gasteiger partial charge in [-0.2, -0.15) is 5.26 Å². The van der Waals surface area contributed by atoms with Crippen LogP contribution in [0.1, 0.15) is 25.7 Å². The molecule has 13 heavy (non-hydrogen) atoms. The Labute approximate surface area is 78.1 Å². The van der Waals surface area contributed by atoms with Gasteiger partial charge < -0.3 is 11.1 Å². The van der Waals surface area contributed by atoms with Crippen molar-refractivity contribution < 1.29 is 4.79 Å². The standard InChI is InChI=1S/C9H15N3O/c10-4-1-5-12-9(13)7-2-3-8(11)6-7/h7-8H,1-3,5-6,11H2,(H,12,13). The van der Waals surface area contributed by atoms with E-state index in [4.69, 9.17) is 11.0 Å². The van der Waals surface area contributed by atoms with Gasteiger partial charge in [0.15, 0.2) is 0 Å². The molecule has 0 spiro atoms. The van der Waals surface area contributed by atoms with Crippen molar-refractivity contribution in [1.82, 2.24) is 5.32 Å². The summed E-state index contributed by atoms with van der Waals surface area (Å²) < 4.78 is 0. The molecular weight excluding hydrogens is 166 g/mol. The summed E-state index contributed by atoms with van der Waals surface area (Å²) in [6.07, 6.45) is 3.00. The van der Waals surface area contributed by atoms with E-state index < -0.39 is 0 Å². The van der Waals surface area contributed by atoms with Gasteiger partial charge >= 0.3 is 0 Å². The van der Waals surface area contributed by atoms with Crippen LogP contribution < -0.4 is 11.1 Å². The third kappa shape index (κ3) is 3.03. The highest BCUT2D eigenvalue weighted by Crippen LogP contribution is 2.23. The smallest absolute Gasteiger partial charge is 0.223 e. The third-order valence-electron chi connectivity index (χ3n) is 2.38. The number of hydrogen-bond donors (Lipinski definition) is 2. The number of nitrogens with one attached hydrogen (secondary N) is 1. The van der Waals surface area contributed by atoms with Crippen molar-refractivity contribution in [3.63, 3.8) is 0 Å². The maximum Gasteiger partial charge on any atom is 0.223 e. The summed E-state index contributed by atoms with van der Waals surface area (Å²) in [6, 6.07) is 2.17. The van der Waals surface area contributed by atoms with Crippen molar-refractivity contribution in [2.75, 3.05) is 6.54 Å². The molecule has 2 atom stereocenters. The summed E-state index contributed by atoms with van der Waals surface area (Å²) in [5, 5.41) is 11.0. The second kappa shape index (κ2) is 4.83. The van der Waals surface area contributed by atoms with Crippen LogP contribution in [0.15, 0.2) is 0 Å². The minimum absolute atomic E-state index is 0.0585. The highest BCUT2D eigenvalue weighted by molar-refractivity contribution is 5.78. The molecule has 0 aromatic heterocycles. The molecule has 4 nitrogen and oxygen atoms in total. The molecule has 0 bridgehead atoms. The zero-order chi connectivity index (χ0) is 9.68. The molecular formula is C9H15N3O. The van der Waals surface area contributed by atoms with E-state index in [1.807, 2.05) is 6.07 Å². The lowest BCUT2D eigenvalue weighted by atomic mass is 10.1. The molecule has 1 rings (SSSR count). The summed E-state index contributed by atoms with van der Waals surface area (Å²) >= 11 is 0. The highest BCUT2D eigenvalue weighted by Gasteiger charge is 2.27. The fourth-order valence-corrected chi connectivity index (χ4v) is 1.64. The van der Waals surface area contributed by atoms with E-state index in [2.05, 4.69) is 5.32 Å². The Morgan fingerprint density at radius 1 is 1.62 bits per heavy atom. The number of hydrogen-bond acceptors (Lipinski definition) is 3. The lowest BCUT2D eigenvalue weighted by molar-refractivity contribution is -0.124. The Bertz CT molecular complexity index is 221. The second-order valence-electron chi connectivity index (χ2n) is 3.47. The number of nitriles is 1. The van der Waals surface area contributed by atoms with E-state index in [0.717, 1.165) is 19.3 Å². The van der Waals surface area contributed by atoms with Gasteiger partial charge in [0.2, 0.25) is 5.91 Å². The fourth-order valence-electron chi connectivity index (χ4n) is 1.64. The molecule has 72 valence electrons. The monoisotopic (exact) mass is 181 g/mol. The van der Waals surface area contributed by atoms with Crippen LogP contribution in [0.5, 0.6) is 0 Å². The molecule has 0 aromatic carbocycles. The molecule has 0 saturated heterocycles. The van der Waals surface area contributed by atoms with E-state index in [-0.39, 0.29) is 17.9 Å². The first-order valence-electron chi connectivity index (χ1n) is 4.64. The van der Waals surface area contributed by atoms with E-state index in [9.17, 15) is 4.79 Å². The summed E-state index contributed by atoms with van der Waals surface area (Å²) in [5.41, 5.74) is 5.69. The Hall–Kier alpha value is -1.08. The molecule has 3 N–H and O–H groups in total. The molecule has 4 heteroatoms. The van der Waals surface area contributed by atoms with Gasteiger partial charge in [-0.15, -0.1) is 0 Å². The van der Waals surface area contributed by atoms with Crippen LogP contribution in [0.2, 0.25) is 0 Å². The quantitative estimate of drug-likeness (QED) is 0.608. The molecule has 0 radical (unpaired) electrons. The average Bonchev–Trinajstić information content (AvgIpc) is 2.52. The van der Waals surface area contributed by atoms with Crippen LogP contribution >= 0.6 is 0 Å². The highest BCUT2D eigenvalue weighted by atomic mass is 16.1. The third-order valence-corrected chi connectivity index (χ3v) is 2.38. The number of carbonyl (C=O) groups excluding carboxylic acids is 1. The maximum absolute atomic E-state index is 11.4. The van der Waals surface area contributed by atoms with Crippen LogP contribution in [-0.4, -0.2) is 18.5 Å². The van der Waals surface area contributed by atoms with E-state index in [1.54, 1.807) is 0 Å². The first-order valence-corrected chi connectivity index (χ1v) is 4.64. The summed E-state index contributed by atoms with van der Waals surface area (Å²) in [4.78, 5) is 11.4. The molecule has 1 aliphatic rings. The first kappa shape index (κ1) is 10.0. The Morgan fingerprint density at radius 3 is 2.92 bits per heavy atom. The van der Waals surface area contributed by atoms with Gasteiger partial charge in [-0.1, -0.05) is 0 Å². The SMILES string of the molecule is N#CCCNC(=O)C1CCC(N)C1. The van der Waals surface area contributed by atoms with Crippen LogP contribution in [0.4, 0.5) is 0 Å². The molecule has 0 aliphatic heterocycles. The van der Waals surface area contributed by atoms with Gasteiger partial charge in [-0.3, -0.25) is 4.79 Å². The van der Waals surface area contributed by atoms with Crippen LogP contribution in [0.25, 0.3) is 0 Å². The largest absolute Gasteiger partial charge is 0.355 e. The number of nitrogens with zero attached hydrogens (tertiary/aromatic N) is 1. The van der Waals surface area contributed by atoms with Gasteiger partial charge in [-0.25, -0.2) is 0 Å². The van der Waals surface area contributed by atoms with E-state index in [0.29, 0.717) is 13.0 Å². The Morgan fingerprint density at radius 2 is 2.38 bits per heavy atom. The van der Waals surface area contributed by atoms with Crippen LogP contribution in [0.3, 0.4) is 0 Å². The van der Waals surface area contributed by atoms with E-state index >= 15 is 0 Å². The minimum atomic E-state index is 0.0585. The van der Waals surface area contributed by atoms with Gasteiger partial charge in [0, 0.05) is 18.5 Å². The lowest BCUT2D eigenvalue weighted by Gasteiger charge is -2.08. The molecule has 0 aromatic rings. The normalized spacial score (nSPS) is 26.8. The van der Waals surface area contributed by atoms with Crippen molar-refractivity contribution in [3.05, 3.63) is 0 Å². The topological polar surface area (TPSA) is 78.9 Å². The number of nitrogens with two attached hydrogens (primary N) is 1. The van der Waals surface area contributed by atoms with Gasteiger partial charge in [0.25, 0.3) is 0 Å². The van der Waals surface area contributed by atoms with Crippen molar-refractivity contribution in [2.24, 2.45) is 11.7 Å². The Balaban J connectivity index is 2.21. The van der Waals surface area contributed by atoms with Crippen LogP contribution in [-0.2, 0) is 4.79 Å². The number of rotatable bonds is 3. The summed E-state index contributed by atoms with van der Waals surface area (Å²) in [5.74, 6) is 0.136. The van der Waals surface area contributed by atoms with E-state index in [1.165, 1.54) is 0 Å². The molecule has 1 amide bonds. The maximum atomic E-state index is 11.4. The molecule has 2 unspecified atom stereocenters. The Kier molecular flexibility index (Phi) is 3.71. The zero-order valence-corrected chi connectivity index (χ0v) is 7.62. The number of carbonyl (C=O) groups is 1. The second-order valence-corrected chi connectivity index (χ2v) is 3.47.